The summed E-state index contributed by atoms with van der Waals surface area (Å²) in [5, 5.41) is 0.503. The van der Waals surface area contributed by atoms with Crippen LogP contribution in [0.4, 0.5) is 0 Å². The second-order valence-corrected chi connectivity index (χ2v) is 6.54. The lowest BCUT2D eigenvalue weighted by molar-refractivity contribution is -0.128. The standard InChI is InChI=1S/C24H22O7/c1-3-13-29-18-9-5-16(6-10-18)7-12-22(25)30-19-11-8-17-14-20(23(26)28-4-2)24(27)31-21(17)15-19/h5-12,14-15H,3-4,13H2,1-2H3/b12-7+. The van der Waals surface area contributed by atoms with Gasteiger partial charge in [-0.1, -0.05) is 19.1 Å². The molecule has 0 aliphatic rings. The topological polar surface area (TPSA) is 92.0 Å². The van der Waals surface area contributed by atoms with Crippen molar-refractivity contribution in [1.82, 2.24) is 0 Å². The van der Waals surface area contributed by atoms with Gasteiger partial charge in [0.1, 0.15) is 22.6 Å². The predicted octanol–water partition coefficient (Wildman–Crippen LogP) is 4.38. The van der Waals surface area contributed by atoms with E-state index in [4.69, 9.17) is 18.6 Å². The Balaban J connectivity index is 1.68. The molecule has 0 aliphatic heterocycles. The summed E-state index contributed by atoms with van der Waals surface area (Å²) in [7, 11) is 0. The number of hydrogen-bond acceptors (Lipinski definition) is 7. The number of rotatable bonds is 8. The summed E-state index contributed by atoms with van der Waals surface area (Å²) < 4.78 is 20.8. The van der Waals surface area contributed by atoms with E-state index >= 15 is 0 Å². The van der Waals surface area contributed by atoms with Crippen LogP contribution in [0, 0.1) is 0 Å². The lowest BCUT2D eigenvalue weighted by Gasteiger charge is -2.05. The Kier molecular flexibility index (Phi) is 7.22. The fourth-order valence-corrected chi connectivity index (χ4v) is 2.72. The van der Waals surface area contributed by atoms with Crippen molar-refractivity contribution in [1.29, 1.82) is 0 Å². The van der Waals surface area contributed by atoms with E-state index in [0.717, 1.165) is 17.7 Å². The minimum atomic E-state index is -0.819. The minimum Gasteiger partial charge on any atom is -0.494 e. The molecule has 0 atom stereocenters. The Morgan fingerprint density at radius 2 is 1.74 bits per heavy atom. The van der Waals surface area contributed by atoms with Crippen LogP contribution in [0.25, 0.3) is 17.0 Å². The van der Waals surface area contributed by atoms with Gasteiger partial charge in [-0.2, -0.15) is 0 Å². The lowest BCUT2D eigenvalue weighted by atomic mass is 10.2. The third-order valence-electron chi connectivity index (χ3n) is 4.19. The van der Waals surface area contributed by atoms with Gasteiger partial charge in [0.05, 0.1) is 13.2 Å². The monoisotopic (exact) mass is 422 g/mol. The van der Waals surface area contributed by atoms with Crippen LogP contribution in [-0.4, -0.2) is 25.2 Å². The van der Waals surface area contributed by atoms with Crippen LogP contribution in [0.3, 0.4) is 0 Å². The molecule has 0 radical (unpaired) electrons. The zero-order valence-electron chi connectivity index (χ0n) is 17.3. The summed E-state index contributed by atoms with van der Waals surface area (Å²) in [4.78, 5) is 36.0. The molecule has 1 aromatic heterocycles. The van der Waals surface area contributed by atoms with E-state index < -0.39 is 17.6 Å². The van der Waals surface area contributed by atoms with Crippen LogP contribution < -0.4 is 15.1 Å². The molecule has 0 fully saturated rings. The van der Waals surface area contributed by atoms with Crippen LogP contribution in [0.15, 0.2) is 63.8 Å². The van der Waals surface area contributed by atoms with Crippen molar-refractivity contribution in [2.24, 2.45) is 0 Å². The molecule has 0 amide bonds. The van der Waals surface area contributed by atoms with Crippen molar-refractivity contribution in [3.05, 3.63) is 76.2 Å². The van der Waals surface area contributed by atoms with Crippen LogP contribution in [0.5, 0.6) is 11.5 Å². The van der Waals surface area contributed by atoms with Crippen LogP contribution in [0.2, 0.25) is 0 Å². The first-order valence-corrected chi connectivity index (χ1v) is 9.88. The molecule has 31 heavy (non-hydrogen) atoms. The molecule has 0 spiro atoms. The molecule has 2 aromatic carbocycles. The SMILES string of the molecule is CCCOc1ccc(/C=C/C(=O)Oc2ccc3cc(C(=O)OCC)c(=O)oc3c2)cc1. The van der Waals surface area contributed by atoms with Gasteiger partial charge in [0.2, 0.25) is 0 Å². The number of esters is 2. The van der Waals surface area contributed by atoms with Crippen molar-refractivity contribution in [3.8, 4) is 11.5 Å². The third-order valence-corrected chi connectivity index (χ3v) is 4.19. The Morgan fingerprint density at radius 1 is 1.00 bits per heavy atom. The summed E-state index contributed by atoms with van der Waals surface area (Å²) in [5.41, 5.74) is 0.000578. The molecule has 3 aromatic rings. The maximum atomic E-state index is 12.1. The molecule has 0 saturated heterocycles. The predicted molar refractivity (Wildman–Crippen MR) is 115 cm³/mol. The molecule has 3 rings (SSSR count). The number of hydrogen-bond donors (Lipinski definition) is 0. The van der Waals surface area contributed by atoms with Crippen LogP contribution >= 0.6 is 0 Å². The highest BCUT2D eigenvalue weighted by Crippen LogP contribution is 2.21. The second-order valence-electron chi connectivity index (χ2n) is 6.54. The Hall–Kier alpha value is -3.87. The maximum absolute atomic E-state index is 12.1. The zero-order valence-corrected chi connectivity index (χ0v) is 17.3. The van der Waals surface area contributed by atoms with Gasteiger partial charge < -0.3 is 18.6 Å². The van der Waals surface area contributed by atoms with E-state index in [2.05, 4.69) is 0 Å². The van der Waals surface area contributed by atoms with E-state index in [9.17, 15) is 14.4 Å². The first-order valence-electron chi connectivity index (χ1n) is 9.88. The van der Waals surface area contributed by atoms with Gasteiger partial charge in [0, 0.05) is 17.5 Å². The van der Waals surface area contributed by atoms with Crippen molar-refractivity contribution < 1.29 is 28.2 Å². The molecule has 7 heteroatoms. The number of ether oxygens (including phenoxy) is 3. The number of fused-ring (bicyclic) bond motifs is 1. The quantitative estimate of drug-likeness (QED) is 0.230. The Labute approximate surface area is 178 Å². The van der Waals surface area contributed by atoms with Crippen LogP contribution in [0.1, 0.15) is 36.2 Å². The molecule has 7 nitrogen and oxygen atoms in total. The maximum Gasteiger partial charge on any atom is 0.351 e. The highest BCUT2D eigenvalue weighted by molar-refractivity contribution is 5.93. The smallest absolute Gasteiger partial charge is 0.351 e. The molecule has 0 saturated carbocycles. The van der Waals surface area contributed by atoms with Crippen molar-refractivity contribution >= 4 is 29.0 Å². The molecular formula is C24H22O7. The Morgan fingerprint density at radius 3 is 2.45 bits per heavy atom. The second kappa shape index (κ2) is 10.2. The molecule has 160 valence electrons. The molecule has 0 unspecified atom stereocenters. The van der Waals surface area contributed by atoms with E-state index in [-0.39, 0.29) is 23.5 Å². The molecular weight excluding hydrogens is 400 g/mol. The summed E-state index contributed by atoms with van der Waals surface area (Å²) in [6.07, 6.45) is 3.85. The lowest BCUT2D eigenvalue weighted by Crippen LogP contribution is -2.16. The minimum absolute atomic E-state index is 0.148. The molecule has 0 bridgehead atoms. The summed E-state index contributed by atoms with van der Waals surface area (Å²) in [6.45, 7) is 4.48. The van der Waals surface area contributed by atoms with Gasteiger partial charge in [-0.15, -0.1) is 0 Å². The Bertz CT molecular complexity index is 1160. The summed E-state index contributed by atoms with van der Waals surface area (Å²) in [5.74, 6) is -0.359. The van der Waals surface area contributed by atoms with E-state index in [1.165, 1.54) is 18.2 Å². The average Bonchev–Trinajstić information content (AvgIpc) is 2.76. The highest BCUT2D eigenvalue weighted by Gasteiger charge is 2.15. The zero-order chi connectivity index (χ0) is 22.2. The summed E-state index contributed by atoms with van der Waals surface area (Å²) >= 11 is 0. The highest BCUT2D eigenvalue weighted by atomic mass is 16.5. The van der Waals surface area contributed by atoms with Gasteiger partial charge in [0.15, 0.2) is 0 Å². The summed E-state index contributed by atoms with van der Waals surface area (Å²) in [6, 6.07) is 13.3. The first kappa shape index (κ1) is 21.8. The van der Waals surface area contributed by atoms with Crippen molar-refractivity contribution in [2.75, 3.05) is 13.2 Å². The van der Waals surface area contributed by atoms with Gasteiger partial charge in [-0.05, 0) is 55.3 Å². The van der Waals surface area contributed by atoms with E-state index in [0.29, 0.717) is 12.0 Å². The van der Waals surface area contributed by atoms with Crippen LogP contribution in [-0.2, 0) is 9.53 Å². The first-order chi connectivity index (χ1) is 15.0. The largest absolute Gasteiger partial charge is 0.494 e. The van der Waals surface area contributed by atoms with E-state index in [1.807, 2.05) is 31.2 Å². The number of carbonyl (C=O) groups is 2. The van der Waals surface area contributed by atoms with Crippen molar-refractivity contribution in [2.45, 2.75) is 20.3 Å². The normalized spacial score (nSPS) is 10.9. The van der Waals surface area contributed by atoms with E-state index in [1.54, 1.807) is 25.1 Å². The van der Waals surface area contributed by atoms with Gasteiger partial charge >= 0.3 is 17.6 Å². The van der Waals surface area contributed by atoms with Gasteiger partial charge in [0.25, 0.3) is 0 Å². The fraction of sp³-hybridized carbons (Fsp3) is 0.208. The van der Waals surface area contributed by atoms with Crippen molar-refractivity contribution in [3.63, 3.8) is 0 Å². The average molecular weight is 422 g/mol. The molecule has 0 aliphatic carbocycles. The fourth-order valence-electron chi connectivity index (χ4n) is 2.72. The third kappa shape index (κ3) is 5.82. The molecule has 1 heterocycles. The molecule has 0 N–H and O–H groups in total. The van der Waals surface area contributed by atoms with Gasteiger partial charge in [-0.3, -0.25) is 0 Å². The van der Waals surface area contributed by atoms with Gasteiger partial charge in [-0.25, -0.2) is 14.4 Å². The number of carbonyl (C=O) groups excluding carboxylic acids is 2. The number of benzene rings is 2.